The van der Waals surface area contributed by atoms with Gasteiger partial charge in [-0.3, -0.25) is 9.59 Å². The fraction of sp³-hybridized carbons (Fsp3) is 0.963. The maximum absolute atomic E-state index is 13.2. The summed E-state index contributed by atoms with van der Waals surface area (Å²) in [7, 11) is 0. The summed E-state index contributed by atoms with van der Waals surface area (Å²) in [6.45, 7) is 7.48. The third kappa shape index (κ3) is 46.1. The van der Waals surface area contributed by atoms with Crippen molar-refractivity contribution in [2.45, 2.75) is 323 Å². The number of rotatable bonds is 50. The van der Waals surface area contributed by atoms with Crippen LogP contribution in [-0.4, -0.2) is 18.4 Å². The Labute approximate surface area is 360 Å². The van der Waals surface area contributed by atoms with Crippen LogP contribution in [0.2, 0.25) is 0 Å². The lowest BCUT2D eigenvalue weighted by Crippen LogP contribution is -2.14. The zero-order valence-electron chi connectivity index (χ0n) is 39.7. The van der Waals surface area contributed by atoms with E-state index in [2.05, 4.69) is 20.8 Å². The average Bonchev–Trinajstić information content (AvgIpc) is 3.21. The number of hydrogen-bond donors (Lipinski definition) is 0. The van der Waals surface area contributed by atoms with Gasteiger partial charge in [-0.2, -0.15) is 0 Å². The Kier molecular flexibility index (Phi) is 48.8. The maximum Gasteiger partial charge on any atom is 0.305 e. The molecule has 0 aliphatic rings. The van der Waals surface area contributed by atoms with E-state index in [1.807, 2.05) is 0 Å². The Bertz CT molecular complexity index is 777. The number of carbonyl (C=O) groups is 2. The van der Waals surface area contributed by atoms with Crippen LogP contribution in [0.3, 0.4) is 0 Å². The molecular weight excluding hydrogens is 697 g/mol. The second-order valence-corrected chi connectivity index (χ2v) is 18.6. The van der Waals surface area contributed by atoms with Crippen molar-refractivity contribution in [1.82, 2.24) is 0 Å². The largest absolute Gasteiger partial charge is 0.466 e. The Morgan fingerprint density at radius 3 is 0.877 bits per heavy atom. The topological polar surface area (TPSA) is 43.4 Å². The Hall–Kier alpha value is -0.860. The van der Waals surface area contributed by atoms with Crippen molar-refractivity contribution in [1.29, 1.82) is 0 Å². The highest BCUT2D eigenvalue weighted by Crippen LogP contribution is 2.23. The van der Waals surface area contributed by atoms with Crippen LogP contribution in [0, 0.1) is 5.92 Å². The fourth-order valence-electron chi connectivity index (χ4n) is 8.79. The second kappa shape index (κ2) is 49.5. The first-order valence-corrected chi connectivity index (χ1v) is 26.8. The molecule has 0 aliphatic heterocycles. The van der Waals surface area contributed by atoms with Crippen molar-refractivity contribution >= 4 is 11.8 Å². The minimum absolute atomic E-state index is 0.00865. The first-order valence-electron chi connectivity index (χ1n) is 26.8. The highest BCUT2D eigenvalue weighted by atomic mass is 16.5. The van der Waals surface area contributed by atoms with Crippen LogP contribution < -0.4 is 0 Å². The molecule has 340 valence electrons. The normalized spacial score (nSPS) is 12.1. The molecule has 0 saturated heterocycles. The van der Waals surface area contributed by atoms with Crippen LogP contribution in [0.5, 0.6) is 0 Å². The summed E-state index contributed by atoms with van der Waals surface area (Å²) in [5.74, 6) is 0.899. The Balaban J connectivity index is 3.67. The summed E-state index contributed by atoms with van der Waals surface area (Å²) < 4.78 is 5.51. The third-order valence-electron chi connectivity index (χ3n) is 12.8. The van der Waals surface area contributed by atoms with Gasteiger partial charge in [0.1, 0.15) is 5.78 Å². The monoisotopic (exact) mass is 803 g/mol. The zero-order chi connectivity index (χ0) is 41.4. The molecule has 0 aromatic rings. The molecule has 3 heteroatoms. The van der Waals surface area contributed by atoms with E-state index in [4.69, 9.17) is 4.74 Å². The zero-order valence-corrected chi connectivity index (χ0v) is 39.7. The van der Waals surface area contributed by atoms with Crippen molar-refractivity contribution in [3.63, 3.8) is 0 Å². The number of esters is 1. The molecule has 0 aromatic carbocycles. The Morgan fingerprint density at radius 2 is 0.544 bits per heavy atom. The van der Waals surface area contributed by atoms with Gasteiger partial charge < -0.3 is 4.74 Å². The van der Waals surface area contributed by atoms with E-state index < -0.39 is 0 Å². The molecule has 3 nitrogen and oxygen atoms in total. The average molecular weight is 803 g/mol. The standard InChI is InChI=1S/C54H106O3/c1-4-7-10-13-15-17-19-21-23-25-27-29-33-37-41-46-51-57-54(56)50-45-40-36-32-31-34-38-43-48-52(47-42-12-9-6-3)53(55)49-44-39-35-30-28-26-24-22-20-18-16-14-11-8-5-2/h52H,4-51H2,1-3H3. The van der Waals surface area contributed by atoms with Crippen LogP contribution in [0.15, 0.2) is 0 Å². The molecule has 0 fully saturated rings. The van der Waals surface area contributed by atoms with Gasteiger partial charge in [0.25, 0.3) is 0 Å². The van der Waals surface area contributed by atoms with Gasteiger partial charge in [-0.1, -0.05) is 278 Å². The van der Waals surface area contributed by atoms with Gasteiger partial charge in [-0.25, -0.2) is 0 Å². The third-order valence-corrected chi connectivity index (χ3v) is 12.8. The SMILES string of the molecule is CCCCCCCCCCCCCCCCCCOC(=O)CCCCCCCCCCC(CCCCCC)C(=O)CCCCCCCCCCCCCCCCC. The number of carbonyl (C=O) groups excluding carboxylic acids is 2. The minimum Gasteiger partial charge on any atom is -0.466 e. The summed E-state index contributed by atoms with van der Waals surface area (Å²) in [4.78, 5) is 25.4. The molecule has 0 amide bonds. The molecule has 57 heavy (non-hydrogen) atoms. The summed E-state index contributed by atoms with van der Waals surface area (Å²) in [6.07, 6.45) is 60.9. The second-order valence-electron chi connectivity index (χ2n) is 18.6. The number of Topliss-reactive ketones (excluding diaryl/α,β-unsaturated/α-hetero) is 1. The van der Waals surface area contributed by atoms with E-state index in [0.29, 0.717) is 24.7 Å². The lowest BCUT2D eigenvalue weighted by Gasteiger charge is -2.16. The van der Waals surface area contributed by atoms with Crippen molar-refractivity contribution in [2.24, 2.45) is 5.92 Å². The summed E-state index contributed by atoms with van der Waals surface area (Å²) in [5, 5.41) is 0. The van der Waals surface area contributed by atoms with Crippen LogP contribution in [0.25, 0.3) is 0 Å². The van der Waals surface area contributed by atoms with Crippen LogP contribution in [-0.2, 0) is 14.3 Å². The maximum atomic E-state index is 13.2. The number of ether oxygens (including phenoxy) is 1. The van der Waals surface area contributed by atoms with Gasteiger partial charge in [0.2, 0.25) is 0 Å². The molecular formula is C54H106O3. The first kappa shape index (κ1) is 56.1. The van der Waals surface area contributed by atoms with Gasteiger partial charge in [0.15, 0.2) is 0 Å². The molecule has 0 bridgehead atoms. The number of unbranched alkanes of at least 4 members (excludes halogenated alkanes) is 39. The molecule has 0 aromatic heterocycles. The predicted molar refractivity (Wildman–Crippen MR) is 253 cm³/mol. The molecule has 0 spiro atoms. The summed E-state index contributed by atoms with van der Waals surface area (Å²) >= 11 is 0. The van der Waals surface area contributed by atoms with Crippen LogP contribution in [0.4, 0.5) is 0 Å². The van der Waals surface area contributed by atoms with Crippen LogP contribution >= 0.6 is 0 Å². The van der Waals surface area contributed by atoms with E-state index >= 15 is 0 Å². The van der Waals surface area contributed by atoms with Gasteiger partial charge in [-0.15, -0.1) is 0 Å². The van der Waals surface area contributed by atoms with E-state index in [1.165, 1.54) is 250 Å². The molecule has 0 N–H and O–H groups in total. The molecule has 0 radical (unpaired) electrons. The molecule has 0 rings (SSSR count). The fourth-order valence-corrected chi connectivity index (χ4v) is 8.79. The molecule has 0 heterocycles. The van der Waals surface area contributed by atoms with Crippen LogP contribution in [0.1, 0.15) is 323 Å². The van der Waals surface area contributed by atoms with Gasteiger partial charge >= 0.3 is 5.97 Å². The minimum atomic E-state index is 0.00865. The van der Waals surface area contributed by atoms with E-state index in [-0.39, 0.29) is 5.97 Å². The van der Waals surface area contributed by atoms with E-state index in [0.717, 1.165) is 44.9 Å². The highest BCUT2D eigenvalue weighted by molar-refractivity contribution is 5.80. The van der Waals surface area contributed by atoms with Crippen molar-refractivity contribution in [2.75, 3.05) is 6.61 Å². The van der Waals surface area contributed by atoms with E-state index in [1.54, 1.807) is 0 Å². The summed E-state index contributed by atoms with van der Waals surface area (Å²) in [5.41, 5.74) is 0. The predicted octanol–water partition coefficient (Wildman–Crippen LogP) is 19.1. The molecule has 1 atom stereocenters. The Morgan fingerprint density at radius 1 is 0.298 bits per heavy atom. The molecule has 0 saturated carbocycles. The van der Waals surface area contributed by atoms with Gasteiger partial charge in [0.05, 0.1) is 6.61 Å². The quantitative estimate of drug-likeness (QED) is 0.0454. The van der Waals surface area contributed by atoms with E-state index in [9.17, 15) is 9.59 Å². The molecule has 0 aliphatic carbocycles. The van der Waals surface area contributed by atoms with Crippen molar-refractivity contribution < 1.29 is 14.3 Å². The number of hydrogen-bond acceptors (Lipinski definition) is 3. The first-order chi connectivity index (χ1) is 28.2. The lowest BCUT2D eigenvalue weighted by molar-refractivity contribution is -0.143. The van der Waals surface area contributed by atoms with Gasteiger partial charge in [0, 0.05) is 18.8 Å². The lowest BCUT2D eigenvalue weighted by atomic mass is 9.88. The smallest absolute Gasteiger partial charge is 0.305 e. The van der Waals surface area contributed by atoms with Crippen molar-refractivity contribution in [3.05, 3.63) is 0 Å². The van der Waals surface area contributed by atoms with Crippen molar-refractivity contribution in [3.8, 4) is 0 Å². The van der Waals surface area contributed by atoms with Gasteiger partial charge in [-0.05, 0) is 32.1 Å². The number of ketones is 1. The highest BCUT2D eigenvalue weighted by Gasteiger charge is 2.17. The molecule has 1 unspecified atom stereocenters. The summed E-state index contributed by atoms with van der Waals surface area (Å²) in [6, 6.07) is 0.